The Morgan fingerprint density at radius 1 is 0.973 bits per heavy atom. The Morgan fingerprint density at radius 2 is 1.78 bits per heavy atom. The van der Waals surface area contributed by atoms with E-state index in [2.05, 4.69) is 11.4 Å². The monoisotopic (exact) mass is 494 g/mol. The van der Waals surface area contributed by atoms with Crippen LogP contribution in [0.5, 0.6) is 5.75 Å². The molecule has 1 N–H and O–H groups in total. The number of fused-ring (bicyclic) bond motifs is 1. The number of rotatable bonds is 6. The molecule has 0 fully saturated rings. The fourth-order valence-electron chi connectivity index (χ4n) is 4.77. The molecular weight excluding hydrogens is 464 g/mol. The van der Waals surface area contributed by atoms with E-state index in [0.717, 1.165) is 33.5 Å². The largest absolute Gasteiger partial charge is 0.481 e. The average molecular weight is 495 g/mol. The van der Waals surface area contributed by atoms with Crippen LogP contribution in [0.1, 0.15) is 51.3 Å². The topological polar surface area (TPSA) is 71.8 Å². The molecule has 3 aromatic carbocycles. The molecule has 1 aromatic heterocycles. The molecule has 188 valence electrons. The Bertz CT molecular complexity index is 1410. The lowest BCUT2D eigenvalue weighted by Crippen LogP contribution is -2.40. The van der Waals surface area contributed by atoms with Gasteiger partial charge < -0.3 is 19.4 Å². The Balaban J connectivity index is 1.43. The Labute approximate surface area is 216 Å². The van der Waals surface area contributed by atoms with Crippen LogP contribution in [-0.4, -0.2) is 29.4 Å². The zero-order valence-electron chi connectivity index (χ0n) is 21.2. The number of ether oxygens (including phenoxy) is 1. The Hall–Kier alpha value is -4.32. The molecule has 4 aromatic rings. The third-order valence-corrected chi connectivity index (χ3v) is 6.70. The van der Waals surface area contributed by atoms with Crippen LogP contribution in [-0.2, 0) is 11.2 Å². The highest BCUT2D eigenvalue weighted by Crippen LogP contribution is 2.38. The second kappa shape index (κ2) is 10.3. The number of carbonyl (C=O) groups excluding carboxylic acids is 2. The maximum atomic E-state index is 13.4. The van der Waals surface area contributed by atoms with Crippen LogP contribution in [0, 0.1) is 13.8 Å². The highest BCUT2D eigenvalue weighted by molar-refractivity contribution is 5.94. The predicted molar refractivity (Wildman–Crippen MR) is 143 cm³/mol. The van der Waals surface area contributed by atoms with Crippen molar-refractivity contribution in [2.45, 2.75) is 39.3 Å². The van der Waals surface area contributed by atoms with Crippen molar-refractivity contribution in [2.75, 3.05) is 11.9 Å². The summed E-state index contributed by atoms with van der Waals surface area (Å²) in [7, 11) is 0. The van der Waals surface area contributed by atoms with E-state index in [-0.39, 0.29) is 17.9 Å². The maximum Gasteiger partial charge on any atom is 0.290 e. The van der Waals surface area contributed by atoms with Gasteiger partial charge in [0.2, 0.25) is 0 Å². The van der Waals surface area contributed by atoms with Crippen molar-refractivity contribution >= 4 is 17.5 Å². The summed E-state index contributed by atoms with van der Waals surface area (Å²) >= 11 is 0. The van der Waals surface area contributed by atoms with E-state index >= 15 is 0 Å². The first kappa shape index (κ1) is 24.4. The minimum Gasteiger partial charge on any atom is -0.481 e. The molecule has 0 unspecified atom stereocenters. The Morgan fingerprint density at radius 3 is 2.51 bits per heavy atom. The molecule has 2 heterocycles. The molecule has 37 heavy (non-hydrogen) atoms. The van der Waals surface area contributed by atoms with Gasteiger partial charge in [0.1, 0.15) is 5.75 Å². The molecule has 1 aliphatic heterocycles. The van der Waals surface area contributed by atoms with Crippen molar-refractivity contribution in [3.05, 3.63) is 119 Å². The zero-order chi connectivity index (χ0) is 25.9. The maximum absolute atomic E-state index is 13.4. The summed E-state index contributed by atoms with van der Waals surface area (Å²) in [5.74, 6) is 0.510. The van der Waals surface area contributed by atoms with Crippen molar-refractivity contribution < 1.29 is 18.7 Å². The predicted octanol–water partition coefficient (Wildman–Crippen LogP) is 6.09. The lowest BCUT2D eigenvalue weighted by molar-refractivity contribution is -0.122. The van der Waals surface area contributed by atoms with Crippen molar-refractivity contribution in [1.29, 1.82) is 0 Å². The summed E-state index contributed by atoms with van der Waals surface area (Å²) in [6.07, 6.45) is 1.52. The summed E-state index contributed by atoms with van der Waals surface area (Å²) in [4.78, 5) is 28.1. The third kappa shape index (κ3) is 5.28. The SMILES string of the molecule is Cc1ccc(NC(=O)[C@@H](C)Oc2ccc3c(c2)[C@@H](c2cccc(C)c2)N(C(=O)c2ccco2)CC3)cc1. The van der Waals surface area contributed by atoms with Crippen molar-refractivity contribution in [2.24, 2.45) is 0 Å². The molecule has 6 heteroatoms. The lowest BCUT2D eigenvalue weighted by atomic mass is 9.87. The van der Waals surface area contributed by atoms with Crippen LogP contribution in [0.15, 0.2) is 89.5 Å². The quantitative estimate of drug-likeness (QED) is 0.352. The van der Waals surface area contributed by atoms with Crippen molar-refractivity contribution in [3.63, 3.8) is 0 Å². The van der Waals surface area contributed by atoms with E-state index < -0.39 is 6.10 Å². The number of carbonyl (C=O) groups is 2. The molecule has 0 bridgehead atoms. The third-order valence-electron chi connectivity index (χ3n) is 6.70. The van der Waals surface area contributed by atoms with Crippen LogP contribution >= 0.6 is 0 Å². The smallest absolute Gasteiger partial charge is 0.290 e. The van der Waals surface area contributed by atoms with Crippen LogP contribution in [0.4, 0.5) is 5.69 Å². The minimum absolute atomic E-state index is 0.153. The van der Waals surface area contributed by atoms with Gasteiger partial charge in [0, 0.05) is 12.2 Å². The molecule has 6 nitrogen and oxygen atoms in total. The highest BCUT2D eigenvalue weighted by Gasteiger charge is 2.34. The molecule has 1 aliphatic rings. The number of hydrogen-bond donors (Lipinski definition) is 1. The van der Waals surface area contributed by atoms with E-state index in [1.807, 2.05) is 79.4 Å². The van der Waals surface area contributed by atoms with E-state index in [1.54, 1.807) is 19.1 Å². The molecule has 2 amide bonds. The van der Waals surface area contributed by atoms with Crippen LogP contribution in [0.25, 0.3) is 0 Å². The second-order valence-electron chi connectivity index (χ2n) is 9.52. The molecule has 2 atom stereocenters. The number of furan rings is 1. The van der Waals surface area contributed by atoms with Gasteiger partial charge in [-0.3, -0.25) is 9.59 Å². The van der Waals surface area contributed by atoms with Gasteiger partial charge in [0.25, 0.3) is 11.8 Å². The second-order valence-corrected chi connectivity index (χ2v) is 9.52. The van der Waals surface area contributed by atoms with Crippen molar-refractivity contribution in [3.8, 4) is 5.75 Å². The van der Waals surface area contributed by atoms with Crippen LogP contribution in [0.2, 0.25) is 0 Å². The number of nitrogens with zero attached hydrogens (tertiary/aromatic N) is 1. The van der Waals surface area contributed by atoms with Gasteiger partial charge in [0.05, 0.1) is 12.3 Å². The fourth-order valence-corrected chi connectivity index (χ4v) is 4.77. The van der Waals surface area contributed by atoms with Gasteiger partial charge in [-0.15, -0.1) is 0 Å². The molecule has 0 radical (unpaired) electrons. The van der Waals surface area contributed by atoms with Gasteiger partial charge in [-0.05, 0) is 80.3 Å². The molecule has 0 saturated heterocycles. The van der Waals surface area contributed by atoms with E-state index in [1.165, 1.54) is 6.26 Å². The Kier molecular flexibility index (Phi) is 6.82. The van der Waals surface area contributed by atoms with Gasteiger partial charge in [-0.1, -0.05) is 53.6 Å². The van der Waals surface area contributed by atoms with Crippen LogP contribution < -0.4 is 10.1 Å². The summed E-state index contributed by atoms with van der Waals surface area (Å²) < 4.78 is 11.5. The van der Waals surface area contributed by atoms with Crippen LogP contribution in [0.3, 0.4) is 0 Å². The fraction of sp³-hybridized carbons (Fsp3) is 0.226. The van der Waals surface area contributed by atoms with Gasteiger partial charge in [-0.2, -0.15) is 0 Å². The number of amides is 2. The van der Waals surface area contributed by atoms with Gasteiger partial charge >= 0.3 is 0 Å². The lowest BCUT2D eigenvalue weighted by Gasteiger charge is -2.37. The first-order valence-corrected chi connectivity index (χ1v) is 12.5. The summed E-state index contributed by atoms with van der Waals surface area (Å²) in [6.45, 7) is 6.34. The number of anilines is 1. The summed E-state index contributed by atoms with van der Waals surface area (Å²) in [5.41, 5.74) is 6.12. The zero-order valence-corrected chi connectivity index (χ0v) is 21.2. The number of hydrogen-bond acceptors (Lipinski definition) is 4. The first-order chi connectivity index (χ1) is 17.9. The summed E-state index contributed by atoms with van der Waals surface area (Å²) in [5, 5.41) is 2.90. The first-order valence-electron chi connectivity index (χ1n) is 12.5. The molecule has 0 spiro atoms. The number of aryl methyl sites for hydroxylation is 2. The normalized spacial score (nSPS) is 15.5. The summed E-state index contributed by atoms with van der Waals surface area (Å²) in [6, 6.07) is 24.8. The van der Waals surface area contributed by atoms with Gasteiger partial charge in [0.15, 0.2) is 11.9 Å². The molecule has 0 saturated carbocycles. The van der Waals surface area contributed by atoms with Gasteiger partial charge in [-0.25, -0.2) is 0 Å². The van der Waals surface area contributed by atoms with E-state index in [9.17, 15) is 9.59 Å². The van der Waals surface area contributed by atoms with Crippen molar-refractivity contribution in [1.82, 2.24) is 4.90 Å². The van der Waals surface area contributed by atoms with E-state index in [0.29, 0.717) is 24.5 Å². The molecule has 5 rings (SSSR count). The standard InChI is InChI=1S/C31H30N2O4/c1-20-9-12-25(13-10-20)32-30(34)22(3)37-26-14-11-23-15-16-33(31(35)28-8-5-17-36-28)29(27(23)19-26)24-7-4-6-21(2)18-24/h4-14,17-19,22,29H,15-16H2,1-3H3,(H,32,34)/t22-,29-/m1/s1. The highest BCUT2D eigenvalue weighted by atomic mass is 16.5. The molecule has 0 aliphatic carbocycles. The van der Waals surface area contributed by atoms with E-state index in [4.69, 9.17) is 9.15 Å². The molecular formula is C31H30N2O4. The average Bonchev–Trinajstić information content (AvgIpc) is 3.44. The minimum atomic E-state index is -0.707. The number of benzene rings is 3. The number of nitrogens with one attached hydrogen (secondary N) is 1.